The van der Waals surface area contributed by atoms with Crippen molar-refractivity contribution in [2.75, 3.05) is 5.32 Å². The molecule has 0 saturated heterocycles. The molecule has 10 heteroatoms. The van der Waals surface area contributed by atoms with Crippen LogP contribution in [0.1, 0.15) is 60.7 Å². The molecule has 2 aliphatic carbocycles. The Kier molecular flexibility index (Phi) is 5.65. The minimum atomic E-state index is -4.15. The van der Waals surface area contributed by atoms with Gasteiger partial charge in [-0.3, -0.25) is 4.68 Å². The van der Waals surface area contributed by atoms with Crippen molar-refractivity contribution in [1.29, 1.82) is 0 Å². The second-order valence-electron chi connectivity index (χ2n) is 8.02. The highest BCUT2D eigenvalue weighted by Gasteiger charge is 2.31. The molecule has 0 bridgehead atoms. The van der Waals surface area contributed by atoms with Crippen molar-refractivity contribution in [1.82, 2.24) is 14.5 Å². The van der Waals surface area contributed by atoms with Crippen molar-refractivity contribution in [3.05, 3.63) is 39.8 Å². The summed E-state index contributed by atoms with van der Waals surface area (Å²) in [4.78, 5) is 12.6. The van der Waals surface area contributed by atoms with Crippen molar-refractivity contribution in [3.8, 4) is 0 Å². The van der Waals surface area contributed by atoms with E-state index in [1.165, 1.54) is 6.07 Å². The molecule has 0 atom stereocenters. The molecule has 0 unspecified atom stereocenters. The van der Waals surface area contributed by atoms with Crippen molar-refractivity contribution in [2.45, 2.75) is 68.8 Å². The first-order valence-electron chi connectivity index (χ1n) is 10.1. The molecule has 2 amide bonds. The molecule has 0 aliphatic heterocycles. The van der Waals surface area contributed by atoms with E-state index >= 15 is 0 Å². The predicted molar refractivity (Wildman–Crippen MR) is 115 cm³/mol. The molecule has 30 heavy (non-hydrogen) atoms. The molecule has 0 saturated carbocycles. The highest BCUT2D eigenvalue weighted by Crippen LogP contribution is 2.40. The summed E-state index contributed by atoms with van der Waals surface area (Å²) in [5, 5.41) is 7.09. The van der Waals surface area contributed by atoms with Gasteiger partial charge in [0.05, 0.1) is 5.69 Å². The summed E-state index contributed by atoms with van der Waals surface area (Å²) in [5.41, 5.74) is 4.19. The number of urea groups is 1. The number of benzene rings is 1. The third-order valence-electron chi connectivity index (χ3n) is 5.73. The van der Waals surface area contributed by atoms with Crippen LogP contribution in [-0.2, 0) is 41.0 Å². The highest BCUT2D eigenvalue weighted by atomic mass is 79.9. The summed E-state index contributed by atoms with van der Waals surface area (Å²) in [6, 6.07) is 0.557. The Morgan fingerprint density at radius 1 is 1.17 bits per heavy atom. The minimum absolute atomic E-state index is 0.0280. The van der Waals surface area contributed by atoms with Crippen LogP contribution in [0.4, 0.5) is 14.9 Å². The van der Waals surface area contributed by atoms with Gasteiger partial charge in [0.25, 0.3) is 10.0 Å². The standard InChI is InChI=1S/C20H24BrFN4O3S/c1-11(2)26-12(10-21)9-17(24-26)30(28,29)25-20(27)23-19-15-7-3-5-13(15)18(22)14-6-4-8-16(14)19/h9,11H,3-8,10H2,1-2H3,(H2,23,25,27). The van der Waals surface area contributed by atoms with Gasteiger partial charge in [0, 0.05) is 23.1 Å². The van der Waals surface area contributed by atoms with E-state index in [9.17, 15) is 17.6 Å². The zero-order chi connectivity index (χ0) is 21.6. The SMILES string of the molecule is CC(C)n1nc(S(=O)(=O)NC(=O)Nc2c3c(c(F)c4c2CCC4)CCC3)cc1CBr. The number of nitrogens with zero attached hydrogens (tertiary/aromatic N) is 2. The monoisotopic (exact) mass is 498 g/mol. The van der Waals surface area contributed by atoms with Gasteiger partial charge in [-0.05, 0) is 74.6 Å². The lowest BCUT2D eigenvalue weighted by Crippen LogP contribution is -2.35. The van der Waals surface area contributed by atoms with Gasteiger partial charge in [-0.25, -0.2) is 13.9 Å². The van der Waals surface area contributed by atoms with Gasteiger partial charge in [0.1, 0.15) is 5.82 Å². The van der Waals surface area contributed by atoms with Crippen molar-refractivity contribution in [3.63, 3.8) is 0 Å². The van der Waals surface area contributed by atoms with Crippen LogP contribution in [0.25, 0.3) is 0 Å². The topological polar surface area (TPSA) is 93.1 Å². The number of aromatic nitrogens is 2. The molecule has 1 aromatic heterocycles. The lowest BCUT2D eigenvalue weighted by molar-refractivity contribution is 0.256. The molecule has 1 aromatic carbocycles. The fraction of sp³-hybridized carbons (Fsp3) is 0.500. The number of hydrogen-bond donors (Lipinski definition) is 2. The molecular formula is C20H24BrFN4O3S. The minimum Gasteiger partial charge on any atom is -0.307 e. The lowest BCUT2D eigenvalue weighted by Gasteiger charge is -2.17. The zero-order valence-electron chi connectivity index (χ0n) is 16.9. The van der Waals surface area contributed by atoms with Crippen LogP contribution >= 0.6 is 15.9 Å². The first kappa shape index (κ1) is 21.3. The van der Waals surface area contributed by atoms with Crippen molar-refractivity contribution in [2.24, 2.45) is 0 Å². The summed E-state index contributed by atoms with van der Waals surface area (Å²) in [7, 11) is -4.15. The fourth-order valence-corrected chi connectivity index (χ4v) is 5.74. The molecule has 162 valence electrons. The van der Waals surface area contributed by atoms with Gasteiger partial charge in [-0.15, -0.1) is 0 Å². The number of nitrogens with one attached hydrogen (secondary N) is 2. The third kappa shape index (κ3) is 3.64. The van der Waals surface area contributed by atoms with E-state index in [1.54, 1.807) is 4.68 Å². The van der Waals surface area contributed by atoms with Crippen LogP contribution in [0.15, 0.2) is 11.1 Å². The number of halogens is 2. The molecule has 2 aromatic rings. The molecule has 2 N–H and O–H groups in total. The molecule has 2 aliphatic rings. The van der Waals surface area contributed by atoms with Gasteiger partial charge in [0.2, 0.25) is 0 Å². The van der Waals surface area contributed by atoms with Crippen LogP contribution in [0.5, 0.6) is 0 Å². The largest absolute Gasteiger partial charge is 0.333 e. The Balaban J connectivity index is 1.61. The quantitative estimate of drug-likeness (QED) is 0.609. The summed E-state index contributed by atoms with van der Waals surface area (Å²) in [5.74, 6) is -0.143. The average Bonchev–Trinajstić information content (AvgIpc) is 3.43. The van der Waals surface area contributed by atoms with E-state index in [2.05, 4.69) is 31.1 Å². The van der Waals surface area contributed by atoms with Crippen LogP contribution in [0.2, 0.25) is 0 Å². The van der Waals surface area contributed by atoms with Crippen LogP contribution in [-0.4, -0.2) is 24.2 Å². The van der Waals surface area contributed by atoms with Gasteiger partial charge in [-0.2, -0.15) is 13.5 Å². The number of rotatable bonds is 5. The molecule has 1 heterocycles. The van der Waals surface area contributed by atoms with Gasteiger partial charge >= 0.3 is 6.03 Å². The summed E-state index contributed by atoms with van der Waals surface area (Å²) >= 11 is 3.33. The molecular weight excluding hydrogens is 475 g/mol. The summed E-state index contributed by atoms with van der Waals surface area (Å²) in [6.45, 7) is 3.79. The summed E-state index contributed by atoms with van der Waals surface area (Å²) < 4.78 is 43.9. The van der Waals surface area contributed by atoms with Gasteiger partial charge in [-0.1, -0.05) is 15.9 Å². The lowest BCUT2D eigenvalue weighted by atomic mass is 9.98. The van der Waals surface area contributed by atoms with Crippen molar-refractivity contribution < 1.29 is 17.6 Å². The second-order valence-corrected chi connectivity index (χ2v) is 10.2. The predicted octanol–water partition coefficient (Wildman–Crippen LogP) is 3.99. The van der Waals surface area contributed by atoms with Crippen LogP contribution in [0, 0.1) is 5.82 Å². The van der Waals surface area contributed by atoms with E-state index in [1.807, 2.05) is 13.8 Å². The molecule has 0 spiro atoms. The zero-order valence-corrected chi connectivity index (χ0v) is 19.3. The maximum absolute atomic E-state index is 14.8. The number of anilines is 1. The van der Waals surface area contributed by atoms with Crippen molar-refractivity contribution >= 4 is 37.7 Å². The average molecular weight is 499 g/mol. The number of carbonyl (C=O) groups is 1. The first-order valence-corrected chi connectivity index (χ1v) is 12.7. The number of hydrogen-bond acceptors (Lipinski definition) is 4. The third-order valence-corrected chi connectivity index (χ3v) is 7.51. The Morgan fingerprint density at radius 3 is 2.23 bits per heavy atom. The normalized spacial score (nSPS) is 15.4. The fourth-order valence-electron chi connectivity index (χ4n) is 4.44. The highest BCUT2D eigenvalue weighted by molar-refractivity contribution is 9.08. The number of sulfonamides is 1. The Morgan fingerprint density at radius 2 is 1.73 bits per heavy atom. The second kappa shape index (κ2) is 7.96. The number of amides is 2. The van der Waals surface area contributed by atoms with E-state index in [0.29, 0.717) is 53.5 Å². The van der Waals surface area contributed by atoms with E-state index in [0.717, 1.165) is 24.0 Å². The maximum atomic E-state index is 14.8. The van der Waals surface area contributed by atoms with Gasteiger partial charge < -0.3 is 5.32 Å². The Hall–Kier alpha value is -1.94. The van der Waals surface area contributed by atoms with E-state index in [-0.39, 0.29) is 16.9 Å². The number of carbonyl (C=O) groups excluding carboxylic acids is 1. The number of fused-ring (bicyclic) bond motifs is 2. The van der Waals surface area contributed by atoms with Crippen LogP contribution < -0.4 is 10.0 Å². The van der Waals surface area contributed by atoms with E-state index in [4.69, 9.17) is 0 Å². The molecule has 4 rings (SSSR count). The summed E-state index contributed by atoms with van der Waals surface area (Å²) in [6.07, 6.45) is 4.29. The Labute approximate surface area is 183 Å². The van der Waals surface area contributed by atoms with Crippen LogP contribution in [0.3, 0.4) is 0 Å². The first-order chi connectivity index (χ1) is 14.2. The smallest absolute Gasteiger partial charge is 0.307 e. The molecule has 7 nitrogen and oxygen atoms in total. The molecule has 0 radical (unpaired) electrons. The number of alkyl halides is 1. The van der Waals surface area contributed by atoms with Gasteiger partial charge in [0.15, 0.2) is 5.03 Å². The Bertz CT molecular complexity index is 1090. The maximum Gasteiger partial charge on any atom is 0.333 e. The molecule has 0 fully saturated rings. The van der Waals surface area contributed by atoms with E-state index < -0.39 is 16.1 Å².